The van der Waals surface area contributed by atoms with Gasteiger partial charge in [0.2, 0.25) is 5.95 Å². The second kappa shape index (κ2) is 9.55. The Balaban J connectivity index is 1.71. The summed E-state index contributed by atoms with van der Waals surface area (Å²) in [5.41, 5.74) is 3.03. The quantitative estimate of drug-likeness (QED) is 0.534. The molecule has 8 heteroatoms. The first kappa shape index (κ1) is 21.4. The van der Waals surface area contributed by atoms with Gasteiger partial charge in [0.15, 0.2) is 11.5 Å². The molecular weight excluding hydrogens is 408 g/mol. The fourth-order valence-electron chi connectivity index (χ4n) is 3.69. The number of anilines is 1. The molecular formula is C24H26N4O4. The summed E-state index contributed by atoms with van der Waals surface area (Å²) in [6.45, 7) is 6.72. The SMILES string of the molecule is CCOC(=O)C1=C(C)Nc2ncnn2[C@@H]1c1ccc(OCc2ccccc2)c(OCC)c1. The summed E-state index contributed by atoms with van der Waals surface area (Å²) in [6, 6.07) is 15.1. The molecule has 0 radical (unpaired) electrons. The molecule has 1 N–H and O–H groups in total. The van der Waals surface area contributed by atoms with Crippen molar-refractivity contribution in [2.75, 3.05) is 18.5 Å². The van der Waals surface area contributed by atoms with Crippen LogP contribution in [0.2, 0.25) is 0 Å². The van der Waals surface area contributed by atoms with E-state index in [0.29, 0.717) is 41.9 Å². The fourth-order valence-corrected chi connectivity index (χ4v) is 3.69. The predicted octanol–water partition coefficient (Wildman–Crippen LogP) is 4.11. The average molecular weight is 434 g/mol. The first-order valence-electron chi connectivity index (χ1n) is 10.6. The van der Waals surface area contributed by atoms with Gasteiger partial charge in [-0.1, -0.05) is 36.4 Å². The molecule has 0 spiro atoms. The van der Waals surface area contributed by atoms with E-state index in [2.05, 4.69) is 15.4 Å². The summed E-state index contributed by atoms with van der Waals surface area (Å²) < 4.78 is 18.9. The summed E-state index contributed by atoms with van der Waals surface area (Å²) in [6.07, 6.45) is 1.46. The van der Waals surface area contributed by atoms with E-state index >= 15 is 0 Å². The number of ether oxygens (including phenoxy) is 3. The Kier molecular flexibility index (Phi) is 6.39. The maximum Gasteiger partial charge on any atom is 0.338 e. The van der Waals surface area contributed by atoms with Gasteiger partial charge in [0.1, 0.15) is 19.0 Å². The van der Waals surface area contributed by atoms with Crippen LogP contribution in [0.5, 0.6) is 11.5 Å². The van der Waals surface area contributed by atoms with Crippen LogP contribution in [0.3, 0.4) is 0 Å². The molecule has 1 aromatic heterocycles. The summed E-state index contributed by atoms with van der Waals surface area (Å²) in [4.78, 5) is 17.1. The minimum atomic E-state index is -0.504. The zero-order valence-corrected chi connectivity index (χ0v) is 18.4. The second-order valence-corrected chi connectivity index (χ2v) is 7.23. The Hall–Kier alpha value is -3.81. The summed E-state index contributed by atoms with van der Waals surface area (Å²) >= 11 is 0. The molecule has 2 aromatic carbocycles. The van der Waals surface area contributed by atoms with Crippen molar-refractivity contribution in [2.45, 2.75) is 33.4 Å². The zero-order chi connectivity index (χ0) is 22.5. The normalized spacial score (nSPS) is 15.0. The van der Waals surface area contributed by atoms with Gasteiger partial charge in [0.25, 0.3) is 0 Å². The molecule has 0 fully saturated rings. The van der Waals surface area contributed by atoms with E-state index in [-0.39, 0.29) is 6.61 Å². The standard InChI is InChI=1S/C24H26N4O4/c1-4-30-20-13-18(11-12-19(20)32-14-17-9-7-6-8-10-17)22-21(23(29)31-5-2)16(3)27-24-25-15-26-28(22)24/h6-13,15,22H,4-5,14H2,1-3H3,(H,25,26,27)/t22-/m1/s1. The van der Waals surface area contributed by atoms with E-state index in [0.717, 1.165) is 11.1 Å². The molecule has 32 heavy (non-hydrogen) atoms. The zero-order valence-electron chi connectivity index (χ0n) is 18.4. The molecule has 3 aromatic rings. The Morgan fingerprint density at radius 1 is 1.06 bits per heavy atom. The number of carbonyl (C=O) groups is 1. The number of benzene rings is 2. The lowest BCUT2D eigenvalue weighted by Crippen LogP contribution is -2.29. The Labute approximate surface area is 186 Å². The number of allylic oxidation sites excluding steroid dienone is 1. The van der Waals surface area contributed by atoms with Gasteiger partial charge in [-0.3, -0.25) is 0 Å². The molecule has 0 bridgehead atoms. The first-order chi connectivity index (χ1) is 15.6. The predicted molar refractivity (Wildman–Crippen MR) is 120 cm³/mol. The monoisotopic (exact) mass is 434 g/mol. The third kappa shape index (κ3) is 4.30. The molecule has 1 aliphatic rings. The van der Waals surface area contributed by atoms with Gasteiger partial charge in [0, 0.05) is 5.70 Å². The summed E-state index contributed by atoms with van der Waals surface area (Å²) in [7, 11) is 0. The van der Waals surface area contributed by atoms with Crippen LogP contribution in [0.1, 0.15) is 37.9 Å². The number of fused-ring (bicyclic) bond motifs is 1. The number of nitrogens with one attached hydrogen (secondary N) is 1. The van der Waals surface area contributed by atoms with Crippen molar-refractivity contribution in [3.05, 3.63) is 77.3 Å². The molecule has 1 atom stereocenters. The van der Waals surface area contributed by atoms with Crippen LogP contribution in [0.15, 0.2) is 66.1 Å². The minimum Gasteiger partial charge on any atom is -0.490 e. The molecule has 166 valence electrons. The number of nitrogens with zero attached hydrogens (tertiary/aromatic N) is 3. The number of hydrogen-bond acceptors (Lipinski definition) is 7. The van der Waals surface area contributed by atoms with Crippen LogP contribution < -0.4 is 14.8 Å². The van der Waals surface area contributed by atoms with Crippen molar-refractivity contribution in [2.24, 2.45) is 0 Å². The Bertz CT molecular complexity index is 1120. The second-order valence-electron chi connectivity index (χ2n) is 7.23. The number of rotatable bonds is 8. The van der Waals surface area contributed by atoms with Crippen LogP contribution in [-0.2, 0) is 16.1 Å². The Morgan fingerprint density at radius 2 is 1.88 bits per heavy atom. The van der Waals surface area contributed by atoms with E-state index in [9.17, 15) is 4.79 Å². The third-order valence-corrected chi connectivity index (χ3v) is 5.11. The highest BCUT2D eigenvalue weighted by atomic mass is 16.5. The number of aromatic nitrogens is 3. The van der Waals surface area contributed by atoms with E-state index < -0.39 is 12.0 Å². The molecule has 4 rings (SSSR count). The van der Waals surface area contributed by atoms with Crippen molar-refractivity contribution in [1.82, 2.24) is 14.8 Å². The lowest BCUT2D eigenvalue weighted by atomic mass is 9.95. The van der Waals surface area contributed by atoms with Crippen molar-refractivity contribution in [1.29, 1.82) is 0 Å². The number of hydrogen-bond donors (Lipinski definition) is 1. The van der Waals surface area contributed by atoms with Gasteiger partial charge < -0.3 is 19.5 Å². The van der Waals surface area contributed by atoms with E-state index in [1.54, 1.807) is 11.6 Å². The molecule has 0 aliphatic carbocycles. The van der Waals surface area contributed by atoms with Gasteiger partial charge in [-0.2, -0.15) is 10.1 Å². The van der Waals surface area contributed by atoms with Crippen LogP contribution in [0, 0.1) is 0 Å². The van der Waals surface area contributed by atoms with E-state index in [1.165, 1.54) is 6.33 Å². The van der Waals surface area contributed by atoms with Crippen molar-refractivity contribution >= 4 is 11.9 Å². The lowest BCUT2D eigenvalue weighted by Gasteiger charge is -2.28. The molecule has 0 saturated carbocycles. The first-order valence-corrected chi connectivity index (χ1v) is 10.6. The van der Waals surface area contributed by atoms with E-state index in [1.807, 2.05) is 62.4 Å². The van der Waals surface area contributed by atoms with Crippen molar-refractivity contribution in [3.63, 3.8) is 0 Å². The maximum atomic E-state index is 12.8. The van der Waals surface area contributed by atoms with Gasteiger partial charge >= 0.3 is 5.97 Å². The molecule has 8 nitrogen and oxygen atoms in total. The molecule has 0 unspecified atom stereocenters. The number of carbonyl (C=O) groups excluding carboxylic acids is 1. The number of esters is 1. The largest absolute Gasteiger partial charge is 0.490 e. The van der Waals surface area contributed by atoms with Crippen LogP contribution in [-0.4, -0.2) is 33.9 Å². The van der Waals surface area contributed by atoms with Crippen molar-refractivity contribution < 1.29 is 19.0 Å². The fraction of sp³-hybridized carbons (Fsp3) is 0.292. The third-order valence-electron chi connectivity index (χ3n) is 5.11. The summed E-state index contributed by atoms with van der Waals surface area (Å²) in [5.74, 6) is 1.39. The van der Waals surface area contributed by atoms with Crippen LogP contribution in [0.4, 0.5) is 5.95 Å². The maximum absolute atomic E-state index is 12.8. The molecule has 0 amide bonds. The molecule has 0 saturated heterocycles. The van der Waals surface area contributed by atoms with Gasteiger partial charge in [-0.05, 0) is 44.0 Å². The highest BCUT2D eigenvalue weighted by Gasteiger charge is 2.34. The summed E-state index contributed by atoms with van der Waals surface area (Å²) in [5, 5.41) is 7.48. The highest BCUT2D eigenvalue weighted by Crippen LogP contribution is 2.39. The van der Waals surface area contributed by atoms with Gasteiger partial charge in [-0.25, -0.2) is 9.48 Å². The van der Waals surface area contributed by atoms with Crippen LogP contribution >= 0.6 is 0 Å². The molecule has 1 aliphatic heterocycles. The smallest absolute Gasteiger partial charge is 0.338 e. The van der Waals surface area contributed by atoms with Gasteiger partial charge in [-0.15, -0.1) is 0 Å². The topological polar surface area (TPSA) is 87.5 Å². The van der Waals surface area contributed by atoms with Crippen LogP contribution in [0.25, 0.3) is 0 Å². The van der Waals surface area contributed by atoms with Crippen molar-refractivity contribution in [3.8, 4) is 11.5 Å². The van der Waals surface area contributed by atoms with E-state index in [4.69, 9.17) is 14.2 Å². The average Bonchev–Trinajstić information content (AvgIpc) is 3.26. The lowest BCUT2D eigenvalue weighted by molar-refractivity contribution is -0.139. The highest BCUT2D eigenvalue weighted by molar-refractivity contribution is 5.92. The van der Waals surface area contributed by atoms with Gasteiger partial charge in [0.05, 0.1) is 18.8 Å². The molecule has 2 heterocycles. The minimum absolute atomic E-state index is 0.281. The Morgan fingerprint density at radius 3 is 2.62 bits per heavy atom.